The fourth-order valence-corrected chi connectivity index (χ4v) is 3.84. The SMILES string of the molecule is NC(CCC1CCCO1)C1CCOC2(CCC2)C1. The second-order valence-corrected chi connectivity index (χ2v) is 6.51. The van der Waals surface area contributed by atoms with E-state index >= 15 is 0 Å². The third-order valence-electron chi connectivity index (χ3n) is 5.25. The molecule has 0 aromatic rings. The fourth-order valence-electron chi connectivity index (χ4n) is 3.84. The fraction of sp³-hybridized carbons (Fsp3) is 1.00. The topological polar surface area (TPSA) is 44.5 Å². The van der Waals surface area contributed by atoms with Crippen LogP contribution in [0.5, 0.6) is 0 Å². The van der Waals surface area contributed by atoms with Gasteiger partial charge < -0.3 is 15.2 Å². The zero-order valence-electron chi connectivity index (χ0n) is 11.4. The van der Waals surface area contributed by atoms with Gasteiger partial charge in [0.1, 0.15) is 0 Å². The van der Waals surface area contributed by atoms with Crippen molar-refractivity contribution in [3.8, 4) is 0 Å². The van der Waals surface area contributed by atoms with E-state index in [1.807, 2.05) is 0 Å². The van der Waals surface area contributed by atoms with Crippen molar-refractivity contribution < 1.29 is 9.47 Å². The van der Waals surface area contributed by atoms with E-state index < -0.39 is 0 Å². The molecule has 3 fully saturated rings. The van der Waals surface area contributed by atoms with Gasteiger partial charge in [-0.15, -0.1) is 0 Å². The number of hydrogen-bond donors (Lipinski definition) is 1. The van der Waals surface area contributed by atoms with E-state index in [4.69, 9.17) is 15.2 Å². The lowest BCUT2D eigenvalue weighted by atomic mass is 9.70. The van der Waals surface area contributed by atoms with Gasteiger partial charge in [0.15, 0.2) is 0 Å². The highest BCUT2D eigenvalue weighted by molar-refractivity contribution is 4.96. The summed E-state index contributed by atoms with van der Waals surface area (Å²) in [5, 5.41) is 0. The Balaban J connectivity index is 1.44. The van der Waals surface area contributed by atoms with Crippen LogP contribution in [0, 0.1) is 5.92 Å². The molecule has 0 amide bonds. The van der Waals surface area contributed by atoms with Gasteiger partial charge in [-0.2, -0.15) is 0 Å². The summed E-state index contributed by atoms with van der Waals surface area (Å²) >= 11 is 0. The lowest BCUT2D eigenvalue weighted by Gasteiger charge is -2.48. The summed E-state index contributed by atoms with van der Waals surface area (Å²) in [5.74, 6) is 0.681. The van der Waals surface area contributed by atoms with E-state index in [-0.39, 0.29) is 5.60 Å². The lowest BCUT2D eigenvalue weighted by molar-refractivity contribution is -0.146. The van der Waals surface area contributed by atoms with E-state index in [2.05, 4.69) is 0 Å². The molecule has 0 aromatic carbocycles. The van der Waals surface area contributed by atoms with Gasteiger partial charge in [0.2, 0.25) is 0 Å². The Labute approximate surface area is 110 Å². The average molecular weight is 253 g/mol. The summed E-state index contributed by atoms with van der Waals surface area (Å²) < 4.78 is 11.7. The van der Waals surface area contributed by atoms with Gasteiger partial charge in [0.25, 0.3) is 0 Å². The van der Waals surface area contributed by atoms with Gasteiger partial charge in [-0.05, 0) is 63.7 Å². The van der Waals surface area contributed by atoms with Crippen molar-refractivity contribution in [2.24, 2.45) is 11.7 Å². The first kappa shape index (κ1) is 12.9. The maximum Gasteiger partial charge on any atom is 0.0685 e. The Bertz CT molecular complexity index is 272. The summed E-state index contributed by atoms with van der Waals surface area (Å²) in [6, 6.07) is 0.357. The predicted octanol–water partition coefficient (Wildman–Crippen LogP) is 2.62. The van der Waals surface area contributed by atoms with Crippen molar-refractivity contribution in [2.75, 3.05) is 13.2 Å². The van der Waals surface area contributed by atoms with Crippen LogP contribution < -0.4 is 5.73 Å². The quantitative estimate of drug-likeness (QED) is 0.837. The summed E-state index contributed by atoms with van der Waals surface area (Å²) in [4.78, 5) is 0. The molecule has 2 saturated heterocycles. The van der Waals surface area contributed by atoms with Crippen molar-refractivity contribution in [2.45, 2.75) is 75.5 Å². The number of rotatable bonds is 4. The van der Waals surface area contributed by atoms with Gasteiger partial charge in [-0.25, -0.2) is 0 Å². The molecule has 3 unspecified atom stereocenters. The van der Waals surface area contributed by atoms with Crippen LogP contribution in [-0.2, 0) is 9.47 Å². The molecule has 3 aliphatic rings. The first-order chi connectivity index (χ1) is 8.77. The maximum absolute atomic E-state index is 6.42. The van der Waals surface area contributed by atoms with Gasteiger partial charge in [0, 0.05) is 19.3 Å². The van der Waals surface area contributed by atoms with E-state index in [0.717, 1.165) is 32.5 Å². The minimum atomic E-state index is 0.240. The van der Waals surface area contributed by atoms with Crippen LogP contribution in [-0.4, -0.2) is 31.0 Å². The Hall–Kier alpha value is -0.120. The van der Waals surface area contributed by atoms with Crippen molar-refractivity contribution in [3.05, 3.63) is 0 Å². The highest BCUT2D eigenvalue weighted by atomic mass is 16.5. The smallest absolute Gasteiger partial charge is 0.0685 e. The van der Waals surface area contributed by atoms with Crippen LogP contribution in [0.25, 0.3) is 0 Å². The zero-order chi connectivity index (χ0) is 12.4. The van der Waals surface area contributed by atoms with Crippen LogP contribution in [0.15, 0.2) is 0 Å². The second kappa shape index (κ2) is 5.48. The third-order valence-corrected chi connectivity index (χ3v) is 5.25. The number of ether oxygens (including phenoxy) is 2. The summed E-state index contributed by atoms with van der Waals surface area (Å²) in [5.41, 5.74) is 6.66. The van der Waals surface area contributed by atoms with Crippen LogP contribution in [0.3, 0.4) is 0 Å². The van der Waals surface area contributed by atoms with E-state index in [9.17, 15) is 0 Å². The Morgan fingerprint density at radius 3 is 2.72 bits per heavy atom. The minimum absolute atomic E-state index is 0.240. The normalized spacial score (nSPS) is 36.5. The summed E-state index contributed by atoms with van der Waals surface area (Å²) in [6.45, 7) is 1.89. The highest BCUT2D eigenvalue weighted by Gasteiger charge is 2.43. The molecule has 3 nitrogen and oxygen atoms in total. The van der Waals surface area contributed by atoms with Crippen molar-refractivity contribution >= 4 is 0 Å². The Morgan fingerprint density at radius 2 is 2.06 bits per heavy atom. The largest absolute Gasteiger partial charge is 0.378 e. The highest BCUT2D eigenvalue weighted by Crippen LogP contribution is 2.45. The first-order valence-electron chi connectivity index (χ1n) is 7.79. The maximum atomic E-state index is 6.42. The van der Waals surface area contributed by atoms with Gasteiger partial charge >= 0.3 is 0 Å². The lowest BCUT2D eigenvalue weighted by Crippen LogP contribution is -2.49. The molecule has 3 rings (SSSR count). The molecule has 3 heteroatoms. The molecule has 1 saturated carbocycles. The molecule has 2 N–H and O–H groups in total. The van der Waals surface area contributed by atoms with Gasteiger partial charge in [-0.3, -0.25) is 0 Å². The first-order valence-corrected chi connectivity index (χ1v) is 7.79. The molecular weight excluding hydrogens is 226 g/mol. The molecule has 0 aromatic heterocycles. The van der Waals surface area contributed by atoms with Crippen LogP contribution in [0.1, 0.15) is 57.8 Å². The van der Waals surface area contributed by atoms with Crippen molar-refractivity contribution in [1.29, 1.82) is 0 Å². The van der Waals surface area contributed by atoms with Gasteiger partial charge in [0.05, 0.1) is 11.7 Å². The molecule has 18 heavy (non-hydrogen) atoms. The molecule has 104 valence electrons. The van der Waals surface area contributed by atoms with Crippen LogP contribution >= 0.6 is 0 Å². The molecular formula is C15H27NO2. The summed E-state index contributed by atoms with van der Waals surface area (Å²) in [6.07, 6.45) is 11.5. The van der Waals surface area contributed by atoms with Crippen molar-refractivity contribution in [1.82, 2.24) is 0 Å². The molecule has 3 atom stereocenters. The molecule has 2 heterocycles. The standard InChI is InChI=1S/C15H27NO2/c16-14(5-4-13-3-1-9-17-13)12-6-10-18-15(11-12)7-2-8-15/h12-14H,1-11,16H2. The second-order valence-electron chi connectivity index (χ2n) is 6.51. The van der Waals surface area contributed by atoms with E-state index in [0.29, 0.717) is 18.1 Å². The molecule has 0 bridgehead atoms. The molecule has 0 radical (unpaired) electrons. The zero-order valence-corrected chi connectivity index (χ0v) is 11.4. The van der Waals surface area contributed by atoms with Gasteiger partial charge in [-0.1, -0.05) is 0 Å². The Kier molecular flexibility index (Phi) is 3.92. The predicted molar refractivity (Wildman–Crippen MR) is 71.4 cm³/mol. The summed E-state index contributed by atoms with van der Waals surface area (Å²) in [7, 11) is 0. The third kappa shape index (κ3) is 2.73. The van der Waals surface area contributed by atoms with Crippen LogP contribution in [0.4, 0.5) is 0 Å². The van der Waals surface area contributed by atoms with Crippen LogP contribution in [0.2, 0.25) is 0 Å². The molecule has 1 spiro atoms. The Morgan fingerprint density at radius 1 is 1.17 bits per heavy atom. The monoisotopic (exact) mass is 253 g/mol. The minimum Gasteiger partial charge on any atom is -0.378 e. The molecule has 1 aliphatic carbocycles. The number of nitrogens with two attached hydrogens (primary N) is 1. The number of hydrogen-bond acceptors (Lipinski definition) is 3. The molecule has 2 aliphatic heterocycles. The van der Waals surface area contributed by atoms with Crippen molar-refractivity contribution in [3.63, 3.8) is 0 Å². The van der Waals surface area contributed by atoms with E-state index in [1.165, 1.54) is 38.5 Å². The van der Waals surface area contributed by atoms with E-state index in [1.54, 1.807) is 0 Å². The average Bonchev–Trinajstić information content (AvgIpc) is 2.87.